The van der Waals surface area contributed by atoms with Crippen LogP contribution < -0.4 is 10.1 Å². The lowest BCUT2D eigenvalue weighted by atomic mass is 10.2. The Morgan fingerprint density at radius 3 is 2.22 bits per heavy atom. The Morgan fingerprint density at radius 2 is 1.74 bits per heavy atom. The molecule has 0 aromatic heterocycles. The predicted molar refractivity (Wildman–Crippen MR) is 91.9 cm³/mol. The van der Waals surface area contributed by atoms with Gasteiger partial charge in [0.05, 0.1) is 6.61 Å². The zero-order valence-corrected chi connectivity index (χ0v) is 15.0. The van der Waals surface area contributed by atoms with Gasteiger partial charge >= 0.3 is 11.9 Å². The van der Waals surface area contributed by atoms with Gasteiger partial charge in [-0.3, -0.25) is 0 Å². The number of hydrogen-bond donors (Lipinski definition) is 3. The summed E-state index contributed by atoms with van der Waals surface area (Å²) in [5.74, 6) is -2.70. The second kappa shape index (κ2) is 12.9. The van der Waals surface area contributed by atoms with E-state index in [9.17, 15) is 0 Å². The van der Waals surface area contributed by atoms with Gasteiger partial charge in [-0.1, -0.05) is 22.9 Å². The van der Waals surface area contributed by atoms with E-state index in [1.807, 2.05) is 24.3 Å². The molecular formula is C16H24BrNO5. The van der Waals surface area contributed by atoms with Crippen LogP contribution >= 0.6 is 15.9 Å². The van der Waals surface area contributed by atoms with Gasteiger partial charge in [0.2, 0.25) is 0 Å². The minimum atomic E-state index is -1.82. The Kier molecular flexibility index (Phi) is 12.0. The van der Waals surface area contributed by atoms with E-state index in [-0.39, 0.29) is 0 Å². The first-order valence-electron chi connectivity index (χ1n) is 7.44. The Balaban J connectivity index is 0.000000688. The van der Waals surface area contributed by atoms with Crippen molar-refractivity contribution in [2.45, 2.75) is 39.2 Å². The van der Waals surface area contributed by atoms with Gasteiger partial charge in [-0.15, -0.1) is 0 Å². The van der Waals surface area contributed by atoms with E-state index in [0.717, 1.165) is 29.8 Å². The molecule has 0 fully saturated rings. The van der Waals surface area contributed by atoms with Gasteiger partial charge in [-0.05, 0) is 57.0 Å². The fraction of sp³-hybridized carbons (Fsp3) is 0.500. The summed E-state index contributed by atoms with van der Waals surface area (Å²) in [5.41, 5.74) is 0. The lowest BCUT2D eigenvalue weighted by molar-refractivity contribution is -0.159. The molecule has 1 aromatic carbocycles. The van der Waals surface area contributed by atoms with Crippen LogP contribution in [0.2, 0.25) is 0 Å². The van der Waals surface area contributed by atoms with Gasteiger partial charge < -0.3 is 20.3 Å². The number of aliphatic carboxylic acids is 2. The van der Waals surface area contributed by atoms with Gasteiger partial charge in [0.25, 0.3) is 0 Å². The second-order valence-corrected chi connectivity index (χ2v) is 5.80. The van der Waals surface area contributed by atoms with Crippen molar-refractivity contribution in [1.82, 2.24) is 5.32 Å². The molecule has 0 saturated heterocycles. The standard InChI is InChI=1S/C14H22BrNO.C2H2O4/c1-3-12(2)16-10-4-5-11-17-14-8-6-13(15)7-9-14;3-1(4)2(5)6/h6-9,12,16H,3-5,10-11H2,1-2H3;(H,3,4)(H,5,6). The van der Waals surface area contributed by atoms with Crippen LogP contribution in [0.5, 0.6) is 5.75 Å². The van der Waals surface area contributed by atoms with Crippen LogP contribution in [0.15, 0.2) is 28.7 Å². The predicted octanol–water partition coefficient (Wildman–Crippen LogP) is 3.15. The van der Waals surface area contributed by atoms with Gasteiger partial charge in [0.15, 0.2) is 0 Å². The van der Waals surface area contributed by atoms with E-state index in [4.69, 9.17) is 24.5 Å². The number of rotatable bonds is 8. The molecule has 1 unspecified atom stereocenters. The summed E-state index contributed by atoms with van der Waals surface area (Å²) in [4.78, 5) is 18.2. The minimum absolute atomic E-state index is 0.627. The number of unbranched alkanes of at least 4 members (excludes halogenated alkanes) is 1. The number of nitrogens with one attached hydrogen (secondary N) is 1. The van der Waals surface area contributed by atoms with Gasteiger partial charge in [0, 0.05) is 10.5 Å². The Labute approximate surface area is 145 Å². The first kappa shape index (κ1) is 21.4. The summed E-state index contributed by atoms with van der Waals surface area (Å²) < 4.78 is 6.73. The molecule has 23 heavy (non-hydrogen) atoms. The molecule has 0 heterocycles. The number of halogens is 1. The largest absolute Gasteiger partial charge is 0.494 e. The number of benzene rings is 1. The first-order chi connectivity index (χ1) is 10.9. The zero-order valence-electron chi connectivity index (χ0n) is 13.4. The molecule has 1 aromatic rings. The van der Waals surface area contributed by atoms with Crippen LogP contribution in [-0.2, 0) is 9.59 Å². The van der Waals surface area contributed by atoms with Crippen molar-refractivity contribution < 1.29 is 24.5 Å². The molecule has 0 aliphatic heterocycles. The summed E-state index contributed by atoms with van der Waals surface area (Å²) in [6.07, 6.45) is 3.45. The first-order valence-corrected chi connectivity index (χ1v) is 8.24. The van der Waals surface area contributed by atoms with Crippen molar-refractivity contribution in [3.8, 4) is 5.75 Å². The smallest absolute Gasteiger partial charge is 0.414 e. The SMILES string of the molecule is CCC(C)NCCCCOc1ccc(Br)cc1.O=C(O)C(=O)O. The molecule has 1 rings (SSSR count). The normalized spacial score (nSPS) is 11.1. The highest BCUT2D eigenvalue weighted by Crippen LogP contribution is 2.16. The highest BCUT2D eigenvalue weighted by Gasteiger charge is 2.04. The molecule has 0 radical (unpaired) electrons. The van der Waals surface area contributed by atoms with Crippen LogP contribution in [0.1, 0.15) is 33.1 Å². The van der Waals surface area contributed by atoms with Crippen LogP contribution in [0.25, 0.3) is 0 Å². The number of carboxylic acid groups (broad SMARTS) is 2. The summed E-state index contributed by atoms with van der Waals surface area (Å²) in [5, 5.41) is 18.3. The highest BCUT2D eigenvalue weighted by atomic mass is 79.9. The Morgan fingerprint density at radius 1 is 1.17 bits per heavy atom. The van der Waals surface area contributed by atoms with Gasteiger partial charge in [-0.2, -0.15) is 0 Å². The van der Waals surface area contributed by atoms with E-state index >= 15 is 0 Å². The van der Waals surface area contributed by atoms with Crippen LogP contribution in [-0.4, -0.2) is 41.3 Å². The van der Waals surface area contributed by atoms with Crippen molar-refractivity contribution in [2.75, 3.05) is 13.2 Å². The highest BCUT2D eigenvalue weighted by molar-refractivity contribution is 9.10. The van der Waals surface area contributed by atoms with Crippen molar-refractivity contribution >= 4 is 27.9 Å². The molecule has 0 aliphatic rings. The summed E-state index contributed by atoms with van der Waals surface area (Å²) >= 11 is 3.40. The van der Waals surface area contributed by atoms with Crippen LogP contribution in [0, 0.1) is 0 Å². The summed E-state index contributed by atoms with van der Waals surface area (Å²) in [6, 6.07) is 8.60. The van der Waals surface area contributed by atoms with Crippen molar-refractivity contribution in [3.05, 3.63) is 28.7 Å². The van der Waals surface area contributed by atoms with Crippen molar-refractivity contribution in [1.29, 1.82) is 0 Å². The van der Waals surface area contributed by atoms with E-state index in [1.54, 1.807) is 0 Å². The average Bonchev–Trinajstić information content (AvgIpc) is 2.52. The minimum Gasteiger partial charge on any atom is -0.494 e. The van der Waals surface area contributed by atoms with Crippen LogP contribution in [0.3, 0.4) is 0 Å². The maximum absolute atomic E-state index is 9.10. The maximum atomic E-state index is 9.10. The lowest BCUT2D eigenvalue weighted by Gasteiger charge is -2.11. The Bertz CT molecular complexity index is 452. The number of hydrogen-bond acceptors (Lipinski definition) is 4. The van der Waals surface area contributed by atoms with Gasteiger partial charge in [0.1, 0.15) is 5.75 Å². The Hall–Kier alpha value is -1.60. The monoisotopic (exact) mass is 389 g/mol. The second-order valence-electron chi connectivity index (χ2n) is 4.88. The third kappa shape index (κ3) is 12.6. The number of carboxylic acids is 2. The molecular weight excluding hydrogens is 366 g/mol. The van der Waals surface area contributed by atoms with Gasteiger partial charge in [-0.25, -0.2) is 9.59 Å². The fourth-order valence-electron chi connectivity index (χ4n) is 1.44. The molecule has 6 nitrogen and oxygen atoms in total. The lowest BCUT2D eigenvalue weighted by Crippen LogP contribution is -2.26. The molecule has 0 amide bonds. The summed E-state index contributed by atoms with van der Waals surface area (Å²) in [6.45, 7) is 6.30. The molecule has 0 aliphatic carbocycles. The van der Waals surface area contributed by atoms with E-state index < -0.39 is 11.9 Å². The third-order valence-corrected chi connectivity index (χ3v) is 3.47. The summed E-state index contributed by atoms with van der Waals surface area (Å²) in [7, 11) is 0. The molecule has 130 valence electrons. The van der Waals surface area contributed by atoms with Crippen molar-refractivity contribution in [3.63, 3.8) is 0 Å². The fourth-order valence-corrected chi connectivity index (χ4v) is 1.71. The third-order valence-electron chi connectivity index (χ3n) is 2.94. The van der Waals surface area contributed by atoms with Crippen molar-refractivity contribution in [2.24, 2.45) is 0 Å². The molecule has 1 atom stereocenters. The quantitative estimate of drug-likeness (QED) is 0.466. The average molecular weight is 390 g/mol. The molecule has 7 heteroatoms. The maximum Gasteiger partial charge on any atom is 0.414 e. The van der Waals surface area contributed by atoms with Crippen LogP contribution in [0.4, 0.5) is 0 Å². The number of ether oxygens (including phenoxy) is 1. The van der Waals surface area contributed by atoms with E-state index in [2.05, 4.69) is 35.1 Å². The zero-order chi connectivity index (χ0) is 17.7. The molecule has 0 spiro atoms. The number of carbonyl (C=O) groups is 2. The topological polar surface area (TPSA) is 95.9 Å². The molecule has 3 N–H and O–H groups in total. The molecule has 0 saturated carbocycles. The van der Waals surface area contributed by atoms with E-state index in [0.29, 0.717) is 6.04 Å². The van der Waals surface area contributed by atoms with E-state index in [1.165, 1.54) is 12.8 Å². The molecule has 0 bridgehead atoms.